The fourth-order valence-electron chi connectivity index (χ4n) is 2.42. The molecule has 0 bridgehead atoms. The van der Waals surface area contributed by atoms with Crippen LogP contribution in [0.4, 0.5) is 5.69 Å². The summed E-state index contributed by atoms with van der Waals surface area (Å²) < 4.78 is 0. The molecule has 0 saturated heterocycles. The molecular weight excluding hydrogens is 258 g/mol. The predicted octanol–water partition coefficient (Wildman–Crippen LogP) is 3.75. The molecule has 112 valence electrons. The van der Waals surface area contributed by atoms with Gasteiger partial charge in [0.1, 0.15) is 0 Å². The number of pyridine rings is 1. The molecule has 1 aromatic heterocycles. The summed E-state index contributed by atoms with van der Waals surface area (Å²) in [5.41, 5.74) is 4.49. The van der Waals surface area contributed by atoms with Crippen LogP contribution in [0.15, 0.2) is 42.5 Å². The van der Waals surface area contributed by atoms with Crippen molar-refractivity contribution in [2.45, 2.75) is 33.4 Å². The Morgan fingerprint density at radius 3 is 2.71 bits per heavy atom. The summed E-state index contributed by atoms with van der Waals surface area (Å²) in [5, 5.41) is 4.62. The first-order valence-electron chi connectivity index (χ1n) is 7.45. The first kappa shape index (κ1) is 15.5. The van der Waals surface area contributed by atoms with Gasteiger partial charge in [-0.2, -0.15) is 0 Å². The second kappa shape index (κ2) is 6.72. The molecule has 2 aromatic rings. The fraction of sp³-hybridized carbons (Fsp3) is 0.389. The number of benzene rings is 1. The molecule has 0 radical (unpaired) electrons. The number of anilines is 1. The minimum atomic E-state index is 0.454. The third kappa shape index (κ3) is 4.05. The largest absolute Gasteiger partial charge is 0.370 e. The van der Waals surface area contributed by atoms with E-state index >= 15 is 0 Å². The zero-order valence-corrected chi connectivity index (χ0v) is 13.5. The van der Waals surface area contributed by atoms with Crippen LogP contribution >= 0.6 is 0 Å². The van der Waals surface area contributed by atoms with Gasteiger partial charge < -0.3 is 10.2 Å². The van der Waals surface area contributed by atoms with E-state index in [1.165, 1.54) is 11.1 Å². The van der Waals surface area contributed by atoms with E-state index in [0.717, 1.165) is 29.9 Å². The maximum atomic E-state index is 4.76. The predicted molar refractivity (Wildman–Crippen MR) is 91.8 cm³/mol. The summed E-state index contributed by atoms with van der Waals surface area (Å²) in [7, 11) is 2.11. The first-order chi connectivity index (χ1) is 9.97. The molecule has 1 aromatic carbocycles. The SMILES string of the molecule is C=C(C)CN(C)c1cc(CNC(C)C)nc2ccccc12. The van der Waals surface area contributed by atoms with Gasteiger partial charge >= 0.3 is 0 Å². The first-order valence-corrected chi connectivity index (χ1v) is 7.45. The summed E-state index contributed by atoms with van der Waals surface area (Å²) in [6.07, 6.45) is 0. The topological polar surface area (TPSA) is 28.2 Å². The van der Waals surface area contributed by atoms with Gasteiger partial charge in [0.25, 0.3) is 0 Å². The van der Waals surface area contributed by atoms with Crippen molar-refractivity contribution in [1.82, 2.24) is 10.3 Å². The molecule has 3 heteroatoms. The Bertz CT molecular complexity index is 631. The molecule has 0 fully saturated rings. The Hall–Kier alpha value is -1.87. The molecule has 0 amide bonds. The molecule has 1 heterocycles. The van der Waals surface area contributed by atoms with Crippen LogP contribution in [-0.4, -0.2) is 24.6 Å². The van der Waals surface area contributed by atoms with Crippen molar-refractivity contribution in [1.29, 1.82) is 0 Å². The number of hydrogen-bond donors (Lipinski definition) is 1. The molecule has 0 aliphatic carbocycles. The van der Waals surface area contributed by atoms with E-state index in [1.54, 1.807) is 0 Å². The molecule has 0 unspecified atom stereocenters. The average molecular weight is 283 g/mol. The van der Waals surface area contributed by atoms with Crippen LogP contribution in [-0.2, 0) is 6.54 Å². The monoisotopic (exact) mass is 283 g/mol. The molecule has 0 spiro atoms. The molecular formula is C18H25N3. The van der Waals surface area contributed by atoms with Gasteiger partial charge in [0.15, 0.2) is 0 Å². The van der Waals surface area contributed by atoms with Crippen LogP contribution in [0.2, 0.25) is 0 Å². The number of nitrogens with one attached hydrogen (secondary N) is 1. The van der Waals surface area contributed by atoms with Crippen molar-refractivity contribution in [3.63, 3.8) is 0 Å². The number of rotatable bonds is 6. The van der Waals surface area contributed by atoms with Crippen molar-refractivity contribution >= 4 is 16.6 Å². The summed E-state index contributed by atoms with van der Waals surface area (Å²) in [6.45, 7) is 12.0. The van der Waals surface area contributed by atoms with Crippen LogP contribution < -0.4 is 10.2 Å². The van der Waals surface area contributed by atoms with Crippen LogP contribution in [0.5, 0.6) is 0 Å². The lowest BCUT2D eigenvalue weighted by Crippen LogP contribution is -2.23. The Morgan fingerprint density at radius 2 is 2.05 bits per heavy atom. The van der Waals surface area contributed by atoms with Crippen molar-refractivity contribution in [3.05, 3.63) is 48.2 Å². The summed E-state index contributed by atoms with van der Waals surface area (Å²) >= 11 is 0. The molecule has 2 rings (SSSR count). The molecule has 0 aliphatic heterocycles. The number of aromatic nitrogens is 1. The zero-order valence-electron chi connectivity index (χ0n) is 13.5. The Balaban J connectivity index is 2.42. The van der Waals surface area contributed by atoms with E-state index in [0.29, 0.717) is 6.04 Å². The molecule has 0 aliphatic rings. The van der Waals surface area contributed by atoms with Crippen LogP contribution in [0.1, 0.15) is 26.5 Å². The minimum absolute atomic E-state index is 0.454. The highest BCUT2D eigenvalue weighted by atomic mass is 15.1. The standard InChI is InChI=1S/C18H25N3/c1-13(2)12-21(5)18-10-15(11-19-14(3)4)20-17-9-7-6-8-16(17)18/h6-10,14,19H,1,11-12H2,2-5H3. The highest BCUT2D eigenvalue weighted by Crippen LogP contribution is 2.26. The van der Waals surface area contributed by atoms with Crippen LogP contribution in [0, 0.1) is 0 Å². The zero-order chi connectivity index (χ0) is 15.4. The number of hydrogen-bond acceptors (Lipinski definition) is 3. The number of fused-ring (bicyclic) bond motifs is 1. The fourth-order valence-corrected chi connectivity index (χ4v) is 2.42. The normalized spacial score (nSPS) is 11.1. The highest BCUT2D eigenvalue weighted by molar-refractivity contribution is 5.91. The molecule has 3 nitrogen and oxygen atoms in total. The molecule has 0 atom stereocenters. The van der Waals surface area contributed by atoms with Gasteiger partial charge in [-0.25, -0.2) is 0 Å². The van der Waals surface area contributed by atoms with Crippen molar-refractivity contribution in [2.24, 2.45) is 0 Å². The Labute approximate surface area is 127 Å². The number of nitrogens with zero attached hydrogens (tertiary/aromatic N) is 2. The summed E-state index contributed by atoms with van der Waals surface area (Å²) in [4.78, 5) is 7.00. The third-order valence-electron chi connectivity index (χ3n) is 3.36. The van der Waals surface area contributed by atoms with Crippen molar-refractivity contribution in [2.75, 3.05) is 18.5 Å². The van der Waals surface area contributed by atoms with Gasteiger partial charge in [-0.3, -0.25) is 4.98 Å². The number of para-hydroxylation sites is 1. The van der Waals surface area contributed by atoms with E-state index in [9.17, 15) is 0 Å². The Kier molecular flexibility index (Phi) is 4.97. The highest BCUT2D eigenvalue weighted by Gasteiger charge is 2.10. The van der Waals surface area contributed by atoms with Crippen molar-refractivity contribution < 1.29 is 0 Å². The van der Waals surface area contributed by atoms with Crippen LogP contribution in [0.3, 0.4) is 0 Å². The summed E-state index contributed by atoms with van der Waals surface area (Å²) in [5.74, 6) is 0. The molecule has 0 saturated carbocycles. The van der Waals surface area contributed by atoms with Gasteiger partial charge in [0, 0.05) is 37.3 Å². The quantitative estimate of drug-likeness (QED) is 0.818. The van der Waals surface area contributed by atoms with E-state index in [4.69, 9.17) is 4.98 Å². The second-order valence-electron chi connectivity index (χ2n) is 6.00. The lowest BCUT2D eigenvalue weighted by molar-refractivity contribution is 0.582. The second-order valence-corrected chi connectivity index (χ2v) is 6.00. The van der Waals surface area contributed by atoms with E-state index in [2.05, 4.69) is 68.9 Å². The van der Waals surface area contributed by atoms with Gasteiger partial charge in [0.2, 0.25) is 0 Å². The maximum Gasteiger partial charge on any atom is 0.0726 e. The van der Waals surface area contributed by atoms with E-state index < -0.39 is 0 Å². The van der Waals surface area contributed by atoms with Gasteiger partial charge in [-0.1, -0.05) is 44.2 Å². The van der Waals surface area contributed by atoms with Gasteiger partial charge in [-0.15, -0.1) is 0 Å². The lowest BCUT2D eigenvalue weighted by Gasteiger charge is -2.22. The van der Waals surface area contributed by atoms with E-state index in [-0.39, 0.29) is 0 Å². The van der Waals surface area contributed by atoms with Crippen LogP contribution in [0.25, 0.3) is 10.9 Å². The summed E-state index contributed by atoms with van der Waals surface area (Å²) in [6, 6.07) is 10.9. The maximum absolute atomic E-state index is 4.76. The smallest absolute Gasteiger partial charge is 0.0726 e. The third-order valence-corrected chi connectivity index (χ3v) is 3.36. The van der Waals surface area contributed by atoms with Crippen molar-refractivity contribution in [3.8, 4) is 0 Å². The number of likely N-dealkylation sites (N-methyl/N-ethyl adjacent to an activating group) is 1. The molecule has 21 heavy (non-hydrogen) atoms. The average Bonchev–Trinajstić information content (AvgIpc) is 2.43. The minimum Gasteiger partial charge on any atom is -0.370 e. The van der Waals surface area contributed by atoms with E-state index in [1.807, 2.05) is 6.07 Å². The van der Waals surface area contributed by atoms with Gasteiger partial charge in [0.05, 0.1) is 11.2 Å². The Morgan fingerprint density at radius 1 is 1.33 bits per heavy atom. The van der Waals surface area contributed by atoms with Gasteiger partial charge in [-0.05, 0) is 19.1 Å². The lowest BCUT2D eigenvalue weighted by atomic mass is 10.1. The molecule has 1 N–H and O–H groups in total.